The van der Waals surface area contributed by atoms with Crippen molar-refractivity contribution < 1.29 is 18.7 Å². The van der Waals surface area contributed by atoms with Crippen LogP contribution in [0.25, 0.3) is 0 Å². The quantitative estimate of drug-likeness (QED) is 0.649. The summed E-state index contributed by atoms with van der Waals surface area (Å²) in [5.41, 5.74) is 1.12. The number of benzene rings is 1. The van der Waals surface area contributed by atoms with Gasteiger partial charge in [-0.1, -0.05) is 19.1 Å². The third kappa shape index (κ3) is 5.54. The second kappa shape index (κ2) is 10.3. The van der Waals surface area contributed by atoms with E-state index in [9.17, 15) is 9.18 Å². The predicted octanol–water partition coefficient (Wildman–Crippen LogP) is 3.58. The van der Waals surface area contributed by atoms with Crippen LogP contribution in [0, 0.1) is 5.82 Å². The van der Waals surface area contributed by atoms with E-state index in [1.165, 1.54) is 6.20 Å². The molecule has 0 amide bonds. The number of carbonyl (C=O) groups excluding carboxylic acids is 1. The molecule has 0 unspecified atom stereocenters. The highest BCUT2D eigenvalue weighted by atomic mass is 19.1. The van der Waals surface area contributed by atoms with Crippen LogP contribution < -0.4 is 14.5 Å². The van der Waals surface area contributed by atoms with Gasteiger partial charge in [0, 0.05) is 39.1 Å². The standard InChI is InChI=1S/C24H31FN4O3/c1-17(14-18(2)30)19-4-6-20(7-5-19)32-21-8-10-29(16-21)23-22(25)15-26-24(27-23)28-9-3-12-31-13-11-28/h4-7,15,17,21H,3,8-14,16H2,1-2H3/t17-,21-/m1/s1. The largest absolute Gasteiger partial charge is 0.489 e. The fourth-order valence-electron chi connectivity index (χ4n) is 4.30. The van der Waals surface area contributed by atoms with E-state index in [1.807, 2.05) is 29.2 Å². The van der Waals surface area contributed by atoms with Crippen molar-refractivity contribution in [2.45, 2.75) is 45.1 Å². The lowest BCUT2D eigenvalue weighted by Gasteiger charge is -2.23. The van der Waals surface area contributed by atoms with Crippen LogP contribution in [0.2, 0.25) is 0 Å². The highest BCUT2D eigenvalue weighted by Gasteiger charge is 2.28. The summed E-state index contributed by atoms with van der Waals surface area (Å²) in [7, 11) is 0. The maximum atomic E-state index is 14.6. The summed E-state index contributed by atoms with van der Waals surface area (Å²) >= 11 is 0. The number of carbonyl (C=O) groups is 1. The number of ether oxygens (including phenoxy) is 2. The van der Waals surface area contributed by atoms with Crippen molar-refractivity contribution in [2.24, 2.45) is 0 Å². The van der Waals surface area contributed by atoms with Crippen molar-refractivity contribution >= 4 is 17.5 Å². The van der Waals surface area contributed by atoms with E-state index in [-0.39, 0.29) is 17.8 Å². The Morgan fingerprint density at radius 1 is 1.22 bits per heavy atom. The van der Waals surface area contributed by atoms with Crippen LogP contribution in [0.5, 0.6) is 5.75 Å². The Bertz CT molecular complexity index is 916. The normalized spacial score (nSPS) is 20.2. The molecule has 0 radical (unpaired) electrons. The molecule has 1 aromatic heterocycles. The van der Waals surface area contributed by atoms with Crippen LogP contribution in [0.3, 0.4) is 0 Å². The van der Waals surface area contributed by atoms with E-state index in [1.54, 1.807) is 6.92 Å². The molecule has 8 heteroatoms. The van der Waals surface area contributed by atoms with Crippen molar-refractivity contribution in [3.63, 3.8) is 0 Å². The molecule has 0 bridgehead atoms. The van der Waals surface area contributed by atoms with Gasteiger partial charge < -0.3 is 24.1 Å². The topological polar surface area (TPSA) is 67.8 Å². The van der Waals surface area contributed by atoms with Crippen LogP contribution in [0.15, 0.2) is 30.5 Å². The van der Waals surface area contributed by atoms with E-state index in [4.69, 9.17) is 9.47 Å². The number of hydrogen-bond acceptors (Lipinski definition) is 7. The van der Waals surface area contributed by atoms with Crippen molar-refractivity contribution in [3.05, 3.63) is 41.8 Å². The summed E-state index contributed by atoms with van der Waals surface area (Å²) in [6.45, 7) is 7.78. The van der Waals surface area contributed by atoms with Gasteiger partial charge in [-0.05, 0) is 37.0 Å². The molecule has 4 rings (SSSR count). The number of ketones is 1. The van der Waals surface area contributed by atoms with Gasteiger partial charge in [0.25, 0.3) is 0 Å². The molecule has 0 saturated carbocycles. The minimum absolute atomic E-state index is 0.0418. The molecule has 7 nitrogen and oxygen atoms in total. The maximum absolute atomic E-state index is 14.6. The number of nitrogens with zero attached hydrogens (tertiary/aromatic N) is 4. The van der Waals surface area contributed by atoms with Crippen molar-refractivity contribution in [1.82, 2.24) is 9.97 Å². The second-order valence-corrected chi connectivity index (χ2v) is 8.65. The van der Waals surface area contributed by atoms with Gasteiger partial charge >= 0.3 is 0 Å². The third-order valence-corrected chi connectivity index (χ3v) is 6.01. The van der Waals surface area contributed by atoms with Gasteiger partial charge in [0.05, 0.1) is 19.3 Å². The molecule has 2 saturated heterocycles. The van der Waals surface area contributed by atoms with E-state index in [2.05, 4.69) is 21.8 Å². The van der Waals surface area contributed by atoms with Gasteiger partial charge in [0.2, 0.25) is 5.95 Å². The van der Waals surface area contributed by atoms with Crippen LogP contribution in [0.1, 0.15) is 44.6 Å². The smallest absolute Gasteiger partial charge is 0.227 e. The molecule has 3 heterocycles. The molecule has 172 valence electrons. The molecule has 32 heavy (non-hydrogen) atoms. The molecular weight excluding hydrogens is 411 g/mol. The third-order valence-electron chi connectivity index (χ3n) is 6.01. The molecule has 2 atom stereocenters. The molecule has 2 aromatic rings. The fourth-order valence-corrected chi connectivity index (χ4v) is 4.30. The highest BCUT2D eigenvalue weighted by Crippen LogP contribution is 2.27. The number of rotatable bonds is 7. The van der Waals surface area contributed by atoms with E-state index in [0.717, 1.165) is 37.3 Å². The number of anilines is 2. The Hall–Kier alpha value is -2.74. The Labute approximate surface area is 188 Å². The first-order chi connectivity index (χ1) is 15.5. The summed E-state index contributed by atoms with van der Waals surface area (Å²) in [6, 6.07) is 7.91. The van der Waals surface area contributed by atoms with Gasteiger partial charge in [0.1, 0.15) is 17.6 Å². The van der Waals surface area contributed by atoms with Crippen LogP contribution in [-0.4, -0.2) is 61.2 Å². The number of Topliss-reactive ketones (excluding diaryl/α,β-unsaturated/α-hetero) is 1. The lowest BCUT2D eigenvalue weighted by Crippen LogP contribution is -2.30. The zero-order valence-electron chi connectivity index (χ0n) is 18.8. The molecule has 2 aliphatic heterocycles. The Morgan fingerprint density at radius 2 is 2.03 bits per heavy atom. The Balaban J connectivity index is 1.38. The summed E-state index contributed by atoms with van der Waals surface area (Å²) in [5, 5.41) is 0. The minimum atomic E-state index is -0.413. The van der Waals surface area contributed by atoms with Crippen molar-refractivity contribution in [2.75, 3.05) is 49.2 Å². The predicted molar refractivity (Wildman–Crippen MR) is 121 cm³/mol. The van der Waals surface area contributed by atoms with Crippen LogP contribution >= 0.6 is 0 Å². The van der Waals surface area contributed by atoms with Crippen LogP contribution in [-0.2, 0) is 9.53 Å². The van der Waals surface area contributed by atoms with Crippen molar-refractivity contribution in [3.8, 4) is 5.75 Å². The van der Waals surface area contributed by atoms with Gasteiger partial charge in [-0.15, -0.1) is 0 Å². The fraction of sp³-hybridized carbons (Fsp3) is 0.542. The van der Waals surface area contributed by atoms with Gasteiger partial charge in [-0.3, -0.25) is 0 Å². The summed E-state index contributed by atoms with van der Waals surface area (Å²) in [6.07, 6.45) is 3.45. The van der Waals surface area contributed by atoms with Gasteiger partial charge in [0.15, 0.2) is 11.6 Å². The SMILES string of the molecule is CC(=O)C[C@@H](C)c1ccc(O[C@@H]2CCN(c3nc(N4CCCOCC4)ncc3F)C2)cc1. The summed E-state index contributed by atoms with van der Waals surface area (Å²) < 4.78 is 26.2. The van der Waals surface area contributed by atoms with E-state index >= 15 is 0 Å². The highest BCUT2D eigenvalue weighted by molar-refractivity contribution is 5.76. The second-order valence-electron chi connectivity index (χ2n) is 8.65. The average molecular weight is 443 g/mol. The zero-order valence-corrected chi connectivity index (χ0v) is 18.8. The molecule has 2 fully saturated rings. The molecule has 0 spiro atoms. The first-order valence-corrected chi connectivity index (χ1v) is 11.4. The Kier molecular flexibility index (Phi) is 7.19. The van der Waals surface area contributed by atoms with E-state index in [0.29, 0.717) is 44.4 Å². The Morgan fingerprint density at radius 3 is 2.81 bits per heavy atom. The molecule has 0 aliphatic carbocycles. The number of hydrogen-bond donors (Lipinski definition) is 0. The lowest BCUT2D eigenvalue weighted by atomic mass is 9.96. The maximum Gasteiger partial charge on any atom is 0.227 e. The molecular formula is C24H31FN4O3. The first kappa shape index (κ1) is 22.5. The lowest BCUT2D eigenvalue weighted by molar-refractivity contribution is -0.117. The monoisotopic (exact) mass is 442 g/mol. The van der Waals surface area contributed by atoms with E-state index < -0.39 is 5.82 Å². The minimum Gasteiger partial charge on any atom is -0.489 e. The first-order valence-electron chi connectivity index (χ1n) is 11.4. The summed E-state index contributed by atoms with van der Waals surface area (Å²) in [5.74, 6) is 1.63. The van der Waals surface area contributed by atoms with Crippen LogP contribution in [0.4, 0.5) is 16.2 Å². The molecule has 2 aliphatic rings. The zero-order chi connectivity index (χ0) is 22.5. The van der Waals surface area contributed by atoms with Crippen molar-refractivity contribution in [1.29, 1.82) is 0 Å². The van der Waals surface area contributed by atoms with Gasteiger partial charge in [-0.25, -0.2) is 9.37 Å². The average Bonchev–Trinajstić information content (AvgIpc) is 3.06. The molecule has 0 N–H and O–H groups in total. The number of halogens is 1. The van der Waals surface area contributed by atoms with Gasteiger partial charge in [-0.2, -0.15) is 4.98 Å². The number of aromatic nitrogens is 2. The molecule has 1 aromatic carbocycles. The summed E-state index contributed by atoms with van der Waals surface area (Å²) in [4.78, 5) is 24.1.